The van der Waals surface area contributed by atoms with Crippen molar-refractivity contribution in [3.63, 3.8) is 0 Å². The van der Waals surface area contributed by atoms with Gasteiger partial charge in [-0.1, -0.05) is 32.0 Å². The maximum absolute atomic E-state index is 11.7. The minimum atomic E-state index is -0.232. The number of carbonyl (C=O) groups is 1. The first-order valence-electron chi connectivity index (χ1n) is 5.25. The number of rotatable bonds is 2. The van der Waals surface area contributed by atoms with Gasteiger partial charge < -0.3 is 4.74 Å². The first-order valence-corrected chi connectivity index (χ1v) is 6.06. The molecule has 0 saturated heterocycles. The average molecular weight is 234 g/mol. The monoisotopic (exact) mass is 234 g/mol. The van der Waals surface area contributed by atoms with Crippen LogP contribution in [-0.2, 0) is 4.74 Å². The average Bonchev–Trinajstić information content (AvgIpc) is 2.67. The Morgan fingerprint density at radius 1 is 1.31 bits per heavy atom. The molecule has 3 heteroatoms. The highest BCUT2D eigenvalue weighted by molar-refractivity contribution is 7.21. The lowest BCUT2D eigenvalue weighted by atomic mass is 9.99. The zero-order chi connectivity index (χ0) is 11.7. The number of carbonyl (C=O) groups excluding carboxylic acids is 1. The molecule has 16 heavy (non-hydrogen) atoms. The van der Waals surface area contributed by atoms with Gasteiger partial charge in [0.25, 0.3) is 0 Å². The highest BCUT2D eigenvalue weighted by Gasteiger charge is 2.20. The van der Waals surface area contributed by atoms with Crippen molar-refractivity contribution in [1.82, 2.24) is 0 Å². The van der Waals surface area contributed by atoms with Crippen LogP contribution < -0.4 is 0 Å². The molecule has 0 N–H and O–H groups in total. The van der Waals surface area contributed by atoms with Crippen molar-refractivity contribution < 1.29 is 9.53 Å². The molecule has 0 aliphatic rings. The van der Waals surface area contributed by atoms with Crippen LogP contribution in [-0.4, -0.2) is 13.1 Å². The van der Waals surface area contributed by atoms with Gasteiger partial charge in [-0.25, -0.2) is 4.79 Å². The van der Waals surface area contributed by atoms with Gasteiger partial charge in [0.05, 0.1) is 7.11 Å². The quantitative estimate of drug-likeness (QED) is 0.738. The van der Waals surface area contributed by atoms with E-state index in [9.17, 15) is 4.79 Å². The summed E-state index contributed by atoms with van der Waals surface area (Å²) >= 11 is 1.51. The summed E-state index contributed by atoms with van der Waals surface area (Å²) in [5.74, 6) is 0.0927. The van der Waals surface area contributed by atoms with Crippen LogP contribution in [0.25, 0.3) is 10.1 Å². The third-order valence-electron chi connectivity index (χ3n) is 2.58. The van der Waals surface area contributed by atoms with Gasteiger partial charge in [-0.3, -0.25) is 0 Å². The number of ether oxygens (including phenoxy) is 1. The topological polar surface area (TPSA) is 26.3 Å². The third kappa shape index (κ3) is 1.71. The van der Waals surface area contributed by atoms with Crippen molar-refractivity contribution in [1.29, 1.82) is 0 Å². The summed E-state index contributed by atoms with van der Waals surface area (Å²) in [4.78, 5) is 12.4. The number of hydrogen-bond donors (Lipinski definition) is 0. The summed E-state index contributed by atoms with van der Waals surface area (Å²) < 4.78 is 5.97. The summed E-state index contributed by atoms with van der Waals surface area (Å²) in [7, 11) is 1.43. The lowest BCUT2D eigenvalue weighted by molar-refractivity contribution is 0.0605. The van der Waals surface area contributed by atoms with E-state index in [0.717, 1.165) is 15.1 Å². The van der Waals surface area contributed by atoms with E-state index in [-0.39, 0.29) is 5.97 Å². The van der Waals surface area contributed by atoms with E-state index in [1.807, 2.05) is 18.2 Å². The smallest absolute Gasteiger partial charge is 0.348 e. The molecule has 1 aromatic carbocycles. The molecule has 0 aliphatic carbocycles. The van der Waals surface area contributed by atoms with Crippen molar-refractivity contribution in [3.05, 3.63) is 34.7 Å². The maximum atomic E-state index is 11.7. The maximum Gasteiger partial charge on any atom is 0.348 e. The number of fused-ring (bicyclic) bond motifs is 1. The second-order valence-electron chi connectivity index (χ2n) is 3.99. The van der Waals surface area contributed by atoms with Gasteiger partial charge >= 0.3 is 5.97 Å². The molecule has 0 atom stereocenters. The molecular weight excluding hydrogens is 220 g/mol. The molecule has 0 radical (unpaired) electrons. The van der Waals surface area contributed by atoms with Gasteiger partial charge in [0.1, 0.15) is 4.88 Å². The Morgan fingerprint density at radius 3 is 2.62 bits per heavy atom. The lowest BCUT2D eigenvalue weighted by Gasteiger charge is -2.06. The van der Waals surface area contributed by atoms with Crippen molar-refractivity contribution in [2.24, 2.45) is 0 Å². The fourth-order valence-electron chi connectivity index (χ4n) is 1.88. The molecule has 84 valence electrons. The molecule has 0 bridgehead atoms. The first-order chi connectivity index (χ1) is 7.65. The SMILES string of the molecule is COC(=O)c1sc2ccccc2c1C(C)C. The Morgan fingerprint density at radius 2 is 2.00 bits per heavy atom. The van der Waals surface area contributed by atoms with Gasteiger partial charge in [-0.2, -0.15) is 0 Å². The van der Waals surface area contributed by atoms with Crippen molar-refractivity contribution in [3.8, 4) is 0 Å². The molecule has 1 heterocycles. The second kappa shape index (κ2) is 4.26. The summed E-state index contributed by atoms with van der Waals surface area (Å²) in [6, 6.07) is 8.10. The zero-order valence-electron chi connectivity index (χ0n) is 9.61. The fourth-order valence-corrected chi connectivity index (χ4v) is 3.16. The van der Waals surface area contributed by atoms with Crippen LogP contribution in [0.5, 0.6) is 0 Å². The molecule has 0 amide bonds. The molecular formula is C13H14O2S. The highest BCUT2D eigenvalue weighted by atomic mass is 32.1. The molecule has 2 aromatic rings. The summed E-state index contributed by atoms with van der Waals surface area (Å²) in [6.45, 7) is 4.20. The van der Waals surface area contributed by atoms with E-state index >= 15 is 0 Å². The molecule has 2 rings (SSSR count). The number of thiophene rings is 1. The van der Waals surface area contributed by atoms with Gasteiger partial charge in [-0.15, -0.1) is 11.3 Å². The van der Waals surface area contributed by atoms with E-state index in [1.54, 1.807) is 0 Å². The van der Waals surface area contributed by atoms with Crippen LogP contribution in [0, 0.1) is 0 Å². The van der Waals surface area contributed by atoms with Gasteiger partial charge in [0.15, 0.2) is 0 Å². The Hall–Kier alpha value is -1.35. The molecule has 0 fully saturated rings. The van der Waals surface area contributed by atoms with Crippen LogP contribution in [0.3, 0.4) is 0 Å². The summed E-state index contributed by atoms with van der Waals surface area (Å²) in [5, 5.41) is 1.17. The predicted octanol–water partition coefficient (Wildman–Crippen LogP) is 3.81. The minimum Gasteiger partial charge on any atom is -0.465 e. The largest absolute Gasteiger partial charge is 0.465 e. The Balaban J connectivity index is 2.73. The third-order valence-corrected chi connectivity index (χ3v) is 3.75. The van der Waals surface area contributed by atoms with Crippen LogP contribution in [0.15, 0.2) is 24.3 Å². The number of methoxy groups -OCH3 is 1. The standard InChI is InChI=1S/C13H14O2S/c1-8(2)11-9-6-4-5-7-10(9)16-12(11)13(14)15-3/h4-8H,1-3H3. The van der Waals surface area contributed by atoms with Crippen LogP contribution in [0.2, 0.25) is 0 Å². The Kier molecular flexibility index (Phi) is 2.97. The summed E-state index contributed by atoms with van der Waals surface area (Å²) in [5.41, 5.74) is 1.10. The summed E-state index contributed by atoms with van der Waals surface area (Å²) in [6.07, 6.45) is 0. The number of benzene rings is 1. The molecule has 0 spiro atoms. The van der Waals surface area contributed by atoms with Crippen LogP contribution >= 0.6 is 11.3 Å². The predicted molar refractivity (Wildman–Crippen MR) is 67.3 cm³/mol. The van der Waals surface area contributed by atoms with Gasteiger partial charge in [-0.05, 0) is 22.9 Å². The van der Waals surface area contributed by atoms with Crippen LogP contribution in [0.1, 0.15) is 35.0 Å². The van der Waals surface area contributed by atoms with Crippen molar-refractivity contribution in [2.45, 2.75) is 19.8 Å². The van der Waals surface area contributed by atoms with Gasteiger partial charge in [0.2, 0.25) is 0 Å². The Bertz CT molecular complexity index is 526. The number of hydrogen-bond acceptors (Lipinski definition) is 3. The lowest BCUT2D eigenvalue weighted by Crippen LogP contribution is -2.02. The van der Waals surface area contributed by atoms with E-state index < -0.39 is 0 Å². The zero-order valence-corrected chi connectivity index (χ0v) is 10.4. The van der Waals surface area contributed by atoms with Crippen molar-refractivity contribution >= 4 is 27.4 Å². The fraction of sp³-hybridized carbons (Fsp3) is 0.308. The first kappa shape index (κ1) is 11.1. The van der Waals surface area contributed by atoms with E-state index in [0.29, 0.717) is 5.92 Å². The molecule has 2 nitrogen and oxygen atoms in total. The van der Waals surface area contributed by atoms with Gasteiger partial charge in [0, 0.05) is 4.70 Å². The normalized spacial score (nSPS) is 11.0. The molecule has 0 aliphatic heterocycles. The Labute approximate surface area is 98.9 Å². The van der Waals surface area contributed by atoms with E-state index in [4.69, 9.17) is 4.74 Å². The molecule has 0 saturated carbocycles. The van der Waals surface area contributed by atoms with E-state index in [2.05, 4.69) is 19.9 Å². The second-order valence-corrected chi connectivity index (χ2v) is 5.04. The number of esters is 1. The minimum absolute atomic E-state index is 0.232. The van der Waals surface area contributed by atoms with E-state index in [1.165, 1.54) is 23.8 Å². The van der Waals surface area contributed by atoms with Crippen molar-refractivity contribution in [2.75, 3.05) is 7.11 Å². The van der Waals surface area contributed by atoms with Crippen LogP contribution in [0.4, 0.5) is 0 Å². The molecule has 0 unspecified atom stereocenters. The molecule has 1 aromatic heterocycles. The highest BCUT2D eigenvalue weighted by Crippen LogP contribution is 2.36.